The topological polar surface area (TPSA) is 65.5 Å². The zero-order valence-corrected chi connectivity index (χ0v) is 18.5. The number of nitrogens with zero attached hydrogens (tertiary/aromatic N) is 3. The number of amides is 2. The average molecular weight is 429 g/mol. The van der Waals surface area contributed by atoms with Crippen LogP contribution in [-0.4, -0.2) is 54.4 Å². The van der Waals surface area contributed by atoms with Crippen LogP contribution in [0.25, 0.3) is 0 Å². The number of anilines is 1. The highest BCUT2D eigenvalue weighted by molar-refractivity contribution is 5.94. The lowest BCUT2D eigenvalue weighted by molar-refractivity contribution is -0.120. The van der Waals surface area contributed by atoms with Crippen LogP contribution in [0.1, 0.15) is 39.9 Å². The average Bonchev–Trinajstić information content (AvgIpc) is 3.06. The molecule has 2 amide bonds. The van der Waals surface area contributed by atoms with Crippen molar-refractivity contribution in [2.24, 2.45) is 5.92 Å². The summed E-state index contributed by atoms with van der Waals surface area (Å²) in [6.07, 6.45) is 1.90. The van der Waals surface area contributed by atoms with Crippen molar-refractivity contribution >= 4 is 30.0 Å². The van der Waals surface area contributed by atoms with E-state index in [4.69, 9.17) is 0 Å². The summed E-state index contributed by atoms with van der Waals surface area (Å²) in [6.45, 7) is 9.83. The van der Waals surface area contributed by atoms with Crippen LogP contribution in [0, 0.1) is 19.8 Å². The van der Waals surface area contributed by atoms with Crippen LogP contribution >= 0.6 is 12.4 Å². The molecule has 7 heteroatoms. The maximum Gasteiger partial charge on any atom is 0.253 e. The third-order valence-electron chi connectivity index (χ3n) is 6.02. The molecule has 2 fully saturated rings. The Morgan fingerprint density at radius 1 is 1.10 bits per heavy atom. The van der Waals surface area contributed by atoms with E-state index in [2.05, 4.69) is 35.1 Å². The number of aromatic nitrogens is 1. The van der Waals surface area contributed by atoms with Gasteiger partial charge < -0.3 is 15.1 Å². The summed E-state index contributed by atoms with van der Waals surface area (Å²) in [7, 11) is 0. The second kappa shape index (κ2) is 9.04. The van der Waals surface area contributed by atoms with Crippen molar-refractivity contribution < 1.29 is 9.59 Å². The Labute approximate surface area is 184 Å². The number of piperazine rings is 1. The van der Waals surface area contributed by atoms with Crippen LogP contribution in [0.4, 0.5) is 5.82 Å². The van der Waals surface area contributed by atoms with Crippen molar-refractivity contribution in [2.75, 3.05) is 37.6 Å². The fourth-order valence-electron chi connectivity index (χ4n) is 4.40. The van der Waals surface area contributed by atoms with Gasteiger partial charge in [0, 0.05) is 44.5 Å². The Kier molecular flexibility index (Phi) is 6.66. The summed E-state index contributed by atoms with van der Waals surface area (Å²) in [5.74, 6) is 1.29. The van der Waals surface area contributed by atoms with E-state index >= 15 is 0 Å². The van der Waals surface area contributed by atoms with Gasteiger partial charge in [0.05, 0.1) is 5.92 Å². The van der Waals surface area contributed by atoms with Crippen LogP contribution in [0.5, 0.6) is 0 Å². The molecule has 4 rings (SSSR count). The maximum absolute atomic E-state index is 12.9. The van der Waals surface area contributed by atoms with Gasteiger partial charge in [-0.05, 0) is 48.6 Å². The number of aryl methyl sites for hydroxylation is 2. The van der Waals surface area contributed by atoms with Crippen LogP contribution in [0.15, 0.2) is 36.5 Å². The molecule has 2 aliphatic rings. The molecule has 3 heterocycles. The molecule has 0 radical (unpaired) electrons. The number of hydrogen-bond donors (Lipinski definition) is 1. The normalized spacial score (nSPS) is 21.2. The molecule has 0 aliphatic carbocycles. The quantitative estimate of drug-likeness (QED) is 0.816. The number of carbonyl (C=O) groups is 2. The molecule has 0 bridgehead atoms. The lowest BCUT2D eigenvalue weighted by Crippen LogP contribution is -2.49. The van der Waals surface area contributed by atoms with E-state index in [0.717, 1.165) is 30.0 Å². The minimum absolute atomic E-state index is 0. The molecule has 6 nitrogen and oxygen atoms in total. The number of rotatable bonds is 3. The summed E-state index contributed by atoms with van der Waals surface area (Å²) in [4.78, 5) is 33.7. The monoisotopic (exact) mass is 428 g/mol. The molecule has 0 spiro atoms. The lowest BCUT2D eigenvalue weighted by atomic mass is 9.89. The van der Waals surface area contributed by atoms with Gasteiger partial charge in [-0.2, -0.15) is 0 Å². The second-order valence-corrected chi connectivity index (χ2v) is 8.25. The molecule has 1 aromatic heterocycles. The molecule has 1 N–H and O–H groups in total. The number of hydrogen-bond acceptors (Lipinski definition) is 4. The fourth-order valence-corrected chi connectivity index (χ4v) is 4.40. The Balaban J connectivity index is 0.00000256. The first-order chi connectivity index (χ1) is 13.9. The minimum Gasteiger partial charge on any atom is -0.355 e. The lowest BCUT2D eigenvalue weighted by Gasteiger charge is -2.36. The minimum atomic E-state index is -0.118. The zero-order chi connectivity index (χ0) is 20.5. The number of benzene rings is 1. The number of halogens is 1. The second-order valence-electron chi connectivity index (χ2n) is 8.25. The molecule has 1 aromatic carbocycles. The number of carbonyl (C=O) groups excluding carboxylic acids is 2. The first-order valence-electron chi connectivity index (χ1n) is 10.3. The third-order valence-corrected chi connectivity index (χ3v) is 6.02. The van der Waals surface area contributed by atoms with Crippen LogP contribution in [0.3, 0.4) is 0 Å². The Morgan fingerprint density at radius 2 is 1.77 bits per heavy atom. The molecule has 2 saturated heterocycles. The molecule has 160 valence electrons. The summed E-state index contributed by atoms with van der Waals surface area (Å²) in [5, 5.41) is 2.91. The standard InChI is InChI=1S/C23H28N4O2.ClH/c1-15-12-16(2)21(24-13-15)26-8-10-27(11-9-26)23(29)19-6-4-18(5-7-19)20-17(3)14-25-22(20)28;/h4-7,12-13,17,20H,8-11,14H2,1-3H3,(H,25,28);1H/t17?,20-;/m0./s1. The van der Waals surface area contributed by atoms with Crippen molar-refractivity contribution in [1.29, 1.82) is 0 Å². The first-order valence-corrected chi connectivity index (χ1v) is 10.3. The predicted octanol–water partition coefficient (Wildman–Crippen LogP) is 2.93. The molecular formula is C23H29ClN4O2. The third kappa shape index (κ3) is 4.29. The largest absolute Gasteiger partial charge is 0.355 e. The SMILES string of the molecule is Cc1cnc(N2CCN(C(=O)c3ccc([C@H]4C(=O)NCC4C)cc3)CC2)c(C)c1.Cl. The maximum atomic E-state index is 12.9. The van der Waals surface area contributed by atoms with E-state index in [0.29, 0.717) is 25.2 Å². The summed E-state index contributed by atoms with van der Waals surface area (Å²) in [5.41, 5.74) is 3.99. The highest BCUT2D eigenvalue weighted by Gasteiger charge is 2.33. The van der Waals surface area contributed by atoms with Crippen LogP contribution in [-0.2, 0) is 4.79 Å². The van der Waals surface area contributed by atoms with E-state index in [1.807, 2.05) is 42.3 Å². The van der Waals surface area contributed by atoms with E-state index in [1.165, 1.54) is 5.56 Å². The van der Waals surface area contributed by atoms with Gasteiger partial charge in [-0.3, -0.25) is 9.59 Å². The van der Waals surface area contributed by atoms with E-state index in [-0.39, 0.29) is 36.1 Å². The van der Waals surface area contributed by atoms with Gasteiger partial charge in [-0.15, -0.1) is 12.4 Å². The highest BCUT2D eigenvalue weighted by atomic mass is 35.5. The van der Waals surface area contributed by atoms with E-state index in [1.54, 1.807) is 0 Å². The van der Waals surface area contributed by atoms with Crippen molar-refractivity contribution in [1.82, 2.24) is 15.2 Å². The van der Waals surface area contributed by atoms with Crippen molar-refractivity contribution in [2.45, 2.75) is 26.7 Å². The van der Waals surface area contributed by atoms with Crippen molar-refractivity contribution in [3.05, 3.63) is 58.8 Å². The van der Waals surface area contributed by atoms with Gasteiger partial charge in [-0.25, -0.2) is 4.98 Å². The Morgan fingerprint density at radius 3 is 2.33 bits per heavy atom. The smallest absolute Gasteiger partial charge is 0.253 e. The fraction of sp³-hybridized carbons (Fsp3) is 0.435. The van der Waals surface area contributed by atoms with Gasteiger partial charge in [0.15, 0.2) is 0 Å². The molecule has 2 aliphatic heterocycles. The van der Waals surface area contributed by atoms with Gasteiger partial charge in [-0.1, -0.05) is 25.1 Å². The van der Waals surface area contributed by atoms with Gasteiger partial charge in [0.1, 0.15) is 5.82 Å². The van der Waals surface area contributed by atoms with Gasteiger partial charge >= 0.3 is 0 Å². The summed E-state index contributed by atoms with van der Waals surface area (Å²) >= 11 is 0. The van der Waals surface area contributed by atoms with Crippen LogP contribution in [0.2, 0.25) is 0 Å². The molecular weight excluding hydrogens is 400 g/mol. The van der Waals surface area contributed by atoms with E-state index < -0.39 is 0 Å². The number of pyridine rings is 1. The predicted molar refractivity (Wildman–Crippen MR) is 120 cm³/mol. The summed E-state index contributed by atoms with van der Waals surface area (Å²) in [6, 6.07) is 9.71. The molecule has 2 aromatic rings. The molecule has 30 heavy (non-hydrogen) atoms. The van der Waals surface area contributed by atoms with Gasteiger partial charge in [0.2, 0.25) is 5.91 Å². The zero-order valence-electron chi connectivity index (χ0n) is 17.7. The first kappa shape index (κ1) is 22.1. The highest BCUT2D eigenvalue weighted by Crippen LogP contribution is 2.29. The Bertz CT molecular complexity index is 923. The Hall–Kier alpha value is -2.60. The molecule has 0 saturated carbocycles. The van der Waals surface area contributed by atoms with Crippen molar-refractivity contribution in [3.63, 3.8) is 0 Å². The molecule has 2 atom stereocenters. The van der Waals surface area contributed by atoms with Crippen molar-refractivity contribution in [3.8, 4) is 0 Å². The van der Waals surface area contributed by atoms with Gasteiger partial charge in [0.25, 0.3) is 5.91 Å². The van der Waals surface area contributed by atoms with Crippen LogP contribution < -0.4 is 10.2 Å². The number of nitrogens with one attached hydrogen (secondary N) is 1. The summed E-state index contributed by atoms with van der Waals surface area (Å²) < 4.78 is 0. The molecule has 1 unspecified atom stereocenters. The van der Waals surface area contributed by atoms with E-state index in [9.17, 15) is 9.59 Å².